The Morgan fingerprint density at radius 3 is 2.19 bits per heavy atom. The number of benzene rings is 1. The molecule has 9 nitrogen and oxygen atoms in total. The first-order valence-electron chi connectivity index (χ1n) is 9.67. The number of aryl methyl sites for hydroxylation is 1. The van der Waals surface area contributed by atoms with Crippen molar-refractivity contribution in [1.82, 2.24) is 4.98 Å². The number of aromatic nitrogens is 1. The molecule has 0 radical (unpaired) electrons. The van der Waals surface area contributed by atoms with Gasteiger partial charge in [0.1, 0.15) is 5.76 Å². The molecule has 1 fully saturated rings. The molecule has 0 N–H and O–H groups in total. The first-order valence-corrected chi connectivity index (χ1v) is 9.67. The number of nitrogens with zero attached hydrogens (tertiary/aromatic N) is 1. The van der Waals surface area contributed by atoms with Gasteiger partial charge in [-0.3, -0.25) is 4.79 Å². The van der Waals surface area contributed by atoms with Gasteiger partial charge in [-0.05, 0) is 19.1 Å². The lowest BCUT2D eigenvalue weighted by Crippen LogP contribution is -2.48. The molecule has 1 aromatic carbocycles. The number of oxazole rings is 1. The molecule has 9 heteroatoms. The fraction of sp³-hybridized carbons (Fsp3) is 0.455. The lowest BCUT2D eigenvalue weighted by molar-refractivity contribution is -0.272. The van der Waals surface area contributed by atoms with E-state index in [1.807, 2.05) is 37.3 Å². The van der Waals surface area contributed by atoms with Crippen LogP contribution in [0.2, 0.25) is 0 Å². The fourth-order valence-corrected chi connectivity index (χ4v) is 2.80. The summed E-state index contributed by atoms with van der Waals surface area (Å²) in [6.07, 6.45) is 0.666. The topological polar surface area (TPSA) is 114 Å². The molecule has 0 atom stereocenters. The first-order chi connectivity index (χ1) is 14.7. The van der Waals surface area contributed by atoms with Gasteiger partial charge in [0.05, 0.1) is 33.1 Å². The van der Waals surface area contributed by atoms with Crippen molar-refractivity contribution in [3.8, 4) is 11.5 Å². The summed E-state index contributed by atoms with van der Waals surface area (Å²) in [5.74, 6) is -1.70. The molecule has 0 saturated carbocycles. The summed E-state index contributed by atoms with van der Waals surface area (Å²) in [7, 11) is 2.49. The normalized spacial score (nSPS) is 20.2. The molecule has 168 valence electrons. The van der Waals surface area contributed by atoms with Crippen molar-refractivity contribution in [2.75, 3.05) is 27.4 Å². The third kappa shape index (κ3) is 6.47. The van der Waals surface area contributed by atoms with Crippen molar-refractivity contribution in [3.63, 3.8) is 0 Å². The van der Waals surface area contributed by atoms with Crippen molar-refractivity contribution in [3.05, 3.63) is 41.8 Å². The van der Waals surface area contributed by atoms with Crippen LogP contribution in [0.25, 0.3) is 11.5 Å². The summed E-state index contributed by atoms with van der Waals surface area (Å²) in [6.45, 7) is 5.44. The van der Waals surface area contributed by atoms with Crippen LogP contribution in [0.4, 0.5) is 0 Å². The van der Waals surface area contributed by atoms with E-state index in [4.69, 9.17) is 18.6 Å². The lowest BCUT2D eigenvalue weighted by Gasteiger charge is -2.35. The summed E-state index contributed by atoms with van der Waals surface area (Å²) in [5, 5.41) is 0. The number of hydrogen-bond donors (Lipinski definition) is 0. The zero-order chi connectivity index (χ0) is 23.0. The summed E-state index contributed by atoms with van der Waals surface area (Å²) in [4.78, 5) is 36.1. The Hall–Kier alpha value is -3.04. The quantitative estimate of drug-likeness (QED) is 0.518. The van der Waals surface area contributed by atoms with Crippen LogP contribution in [0, 0.1) is 12.8 Å². The number of carbonyl (C=O) groups excluding carboxylic acids is 3. The van der Waals surface area contributed by atoms with Gasteiger partial charge in [-0.1, -0.05) is 18.2 Å². The fourth-order valence-electron chi connectivity index (χ4n) is 2.80. The third-order valence-electron chi connectivity index (χ3n) is 4.61. The van der Waals surface area contributed by atoms with E-state index in [2.05, 4.69) is 9.72 Å². The molecule has 3 rings (SSSR count). The van der Waals surface area contributed by atoms with Crippen LogP contribution in [0.5, 0.6) is 0 Å². The van der Waals surface area contributed by atoms with E-state index >= 15 is 0 Å². The van der Waals surface area contributed by atoms with E-state index in [-0.39, 0.29) is 5.92 Å². The molecule has 2 heterocycles. The maximum absolute atomic E-state index is 11.7. The van der Waals surface area contributed by atoms with Gasteiger partial charge in [-0.2, -0.15) is 0 Å². The van der Waals surface area contributed by atoms with Gasteiger partial charge in [-0.25, -0.2) is 14.6 Å². The molecule has 0 spiro atoms. The Morgan fingerprint density at radius 1 is 1.10 bits per heavy atom. The largest absolute Gasteiger partial charge is 0.465 e. The highest BCUT2D eigenvalue weighted by Crippen LogP contribution is 2.27. The lowest BCUT2D eigenvalue weighted by atomic mass is 10.0. The van der Waals surface area contributed by atoms with E-state index in [1.165, 1.54) is 14.2 Å². The van der Waals surface area contributed by atoms with Gasteiger partial charge in [0, 0.05) is 31.7 Å². The van der Waals surface area contributed by atoms with Gasteiger partial charge in [-0.15, -0.1) is 0 Å². The Bertz CT molecular complexity index is 897. The van der Waals surface area contributed by atoms with Crippen LogP contribution in [0.15, 0.2) is 34.7 Å². The van der Waals surface area contributed by atoms with Gasteiger partial charge in [0.2, 0.25) is 11.7 Å². The Kier molecular flexibility index (Phi) is 8.47. The SMILES string of the molecule is COC(=O)C(C)=O.COC(=O)C1(C)OCC(Cc2nc(-c3ccccc3)oc2C)CO1. The molecule has 1 aromatic heterocycles. The number of Topliss-reactive ketones (excluding diaryl/α,β-unsaturated/α-hetero) is 1. The second kappa shape index (κ2) is 10.8. The molecule has 2 aromatic rings. The molecule has 1 aliphatic rings. The maximum Gasteiger partial charge on any atom is 0.374 e. The van der Waals surface area contributed by atoms with Crippen molar-refractivity contribution in [2.45, 2.75) is 33.0 Å². The van der Waals surface area contributed by atoms with Crippen LogP contribution in [0.3, 0.4) is 0 Å². The van der Waals surface area contributed by atoms with Crippen LogP contribution < -0.4 is 0 Å². The second-order valence-electron chi connectivity index (χ2n) is 7.07. The average molecular weight is 433 g/mol. The smallest absolute Gasteiger partial charge is 0.374 e. The number of hydrogen-bond acceptors (Lipinski definition) is 9. The Labute approximate surface area is 180 Å². The van der Waals surface area contributed by atoms with Crippen LogP contribution in [-0.2, 0) is 39.8 Å². The van der Waals surface area contributed by atoms with Crippen LogP contribution in [0.1, 0.15) is 25.3 Å². The van der Waals surface area contributed by atoms with Crippen LogP contribution >= 0.6 is 0 Å². The number of esters is 2. The van der Waals surface area contributed by atoms with Crippen molar-refractivity contribution < 1.29 is 37.7 Å². The Balaban J connectivity index is 0.000000423. The molecule has 1 saturated heterocycles. The zero-order valence-electron chi connectivity index (χ0n) is 18.3. The predicted molar refractivity (Wildman–Crippen MR) is 109 cm³/mol. The standard InChI is InChI=1S/C18H21NO5.C4H6O3/c1-12-15(19-16(24-12)14-7-5-4-6-8-14)9-13-10-22-18(2,23-11-13)17(20)21-3;1-3(5)4(6)7-2/h4-8,13H,9-11H2,1-3H3;1-2H3. The maximum atomic E-state index is 11.7. The summed E-state index contributed by atoms with van der Waals surface area (Å²) < 4.78 is 25.7. The number of methoxy groups -OCH3 is 2. The molecular formula is C22H27NO8. The van der Waals surface area contributed by atoms with Crippen molar-refractivity contribution in [1.29, 1.82) is 0 Å². The highest BCUT2D eigenvalue weighted by molar-refractivity contribution is 6.32. The minimum atomic E-state index is -1.32. The molecule has 1 aliphatic heterocycles. The van der Waals surface area contributed by atoms with E-state index in [9.17, 15) is 14.4 Å². The highest BCUT2D eigenvalue weighted by Gasteiger charge is 2.41. The molecule has 0 amide bonds. The van der Waals surface area contributed by atoms with E-state index in [0.717, 1.165) is 23.9 Å². The summed E-state index contributed by atoms with van der Waals surface area (Å²) in [6, 6.07) is 9.78. The zero-order valence-corrected chi connectivity index (χ0v) is 18.3. The van der Waals surface area contributed by atoms with Crippen molar-refractivity contribution in [2.24, 2.45) is 5.92 Å². The minimum absolute atomic E-state index is 0.107. The molecule has 0 bridgehead atoms. The third-order valence-corrected chi connectivity index (χ3v) is 4.61. The second-order valence-corrected chi connectivity index (χ2v) is 7.07. The summed E-state index contributed by atoms with van der Waals surface area (Å²) in [5.41, 5.74) is 1.83. The van der Waals surface area contributed by atoms with Gasteiger partial charge >= 0.3 is 11.9 Å². The van der Waals surface area contributed by atoms with Gasteiger partial charge in [0.15, 0.2) is 0 Å². The van der Waals surface area contributed by atoms with Crippen molar-refractivity contribution >= 4 is 17.7 Å². The van der Waals surface area contributed by atoms with Gasteiger partial charge in [0.25, 0.3) is 5.79 Å². The van der Waals surface area contributed by atoms with E-state index < -0.39 is 23.5 Å². The van der Waals surface area contributed by atoms with E-state index in [0.29, 0.717) is 25.5 Å². The number of rotatable bonds is 5. The Morgan fingerprint density at radius 2 is 1.71 bits per heavy atom. The van der Waals surface area contributed by atoms with Gasteiger partial charge < -0.3 is 23.4 Å². The number of ketones is 1. The highest BCUT2D eigenvalue weighted by atomic mass is 16.7. The number of carbonyl (C=O) groups is 3. The predicted octanol–water partition coefficient (Wildman–Crippen LogP) is 2.49. The van der Waals surface area contributed by atoms with Crippen LogP contribution in [-0.4, -0.2) is 55.9 Å². The monoisotopic (exact) mass is 433 g/mol. The molecular weight excluding hydrogens is 406 g/mol. The molecule has 0 aliphatic carbocycles. The molecule has 0 unspecified atom stereocenters. The average Bonchev–Trinajstić information content (AvgIpc) is 3.15. The first kappa shape index (κ1) is 24.2. The summed E-state index contributed by atoms with van der Waals surface area (Å²) >= 11 is 0. The molecule has 31 heavy (non-hydrogen) atoms. The van der Waals surface area contributed by atoms with E-state index in [1.54, 1.807) is 6.92 Å². The number of ether oxygens (including phenoxy) is 4. The minimum Gasteiger partial charge on any atom is -0.465 e.